The molecule has 4 aromatic rings. The Hall–Kier alpha value is -2.71. The lowest BCUT2D eigenvalue weighted by molar-refractivity contribution is 0.222. The largest absolute Gasteiger partial charge is 0.396 e. The minimum absolute atomic E-state index is 0.0976. The lowest BCUT2D eigenvalue weighted by Crippen LogP contribution is -2.39. The van der Waals surface area contributed by atoms with Gasteiger partial charge in [0.05, 0.1) is 5.39 Å². The van der Waals surface area contributed by atoms with Crippen molar-refractivity contribution in [2.75, 3.05) is 6.61 Å². The molecule has 0 aliphatic rings. The first-order valence-electron chi connectivity index (χ1n) is 10.2. The Morgan fingerprint density at radius 2 is 1.84 bits per heavy atom. The molecule has 8 heteroatoms. The number of hydrogen-bond acceptors (Lipinski definition) is 5. The predicted molar refractivity (Wildman–Crippen MR) is 129 cm³/mol. The number of hydrogen-bond donors (Lipinski definition) is 2. The van der Waals surface area contributed by atoms with E-state index in [-0.39, 0.29) is 19.6 Å². The lowest BCUT2D eigenvalue weighted by atomic mass is 9.96. The molecule has 6 nitrogen and oxygen atoms in total. The molecule has 0 amide bonds. The maximum Gasteiger partial charge on any atom is 0.331 e. The van der Waals surface area contributed by atoms with E-state index in [0.717, 1.165) is 15.7 Å². The second-order valence-electron chi connectivity index (χ2n) is 7.72. The van der Waals surface area contributed by atoms with Crippen molar-refractivity contribution in [2.24, 2.45) is 7.05 Å². The Morgan fingerprint density at radius 3 is 2.50 bits per heavy atom. The number of benzene rings is 2. The van der Waals surface area contributed by atoms with Crippen molar-refractivity contribution in [2.45, 2.75) is 26.0 Å². The standard InChI is InChI=1S/C24H23ClN2O4S/c1-14-7-9-15(10-8-14)20(29)18-19-22(30)27(11-4-12-28)24(31)26(2)23(19)32-21(18)16-5-3-6-17(25)13-16/h3,5-10,13,20,28-29H,4,11-12H2,1-2H3. The molecule has 0 saturated heterocycles. The van der Waals surface area contributed by atoms with Crippen molar-refractivity contribution in [3.8, 4) is 10.4 Å². The van der Waals surface area contributed by atoms with E-state index in [1.807, 2.05) is 43.3 Å². The molecule has 0 spiro atoms. The number of fused-ring (bicyclic) bond motifs is 1. The van der Waals surface area contributed by atoms with Crippen LogP contribution in [0.5, 0.6) is 0 Å². The predicted octanol–water partition coefficient (Wildman–Crippen LogP) is 3.85. The highest BCUT2D eigenvalue weighted by Gasteiger charge is 2.27. The number of aliphatic hydroxyl groups excluding tert-OH is 2. The first-order valence-corrected chi connectivity index (χ1v) is 11.4. The van der Waals surface area contributed by atoms with E-state index in [0.29, 0.717) is 31.2 Å². The van der Waals surface area contributed by atoms with Crippen molar-refractivity contribution in [1.29, 1.82) is 0 Å². The monoisotopic (exact) mass is 470 g/mol. The number of thiophene rings is 1. The summed E-state index contributed by atoms with van der Waals surface area (Å²) in [5.74, 6) is 0. The molecule has 0 aliphatic heterocycles. The van der Waals surface area contributed by atoms with Crippen molar-refractivity contribution >= 4 is 33.2 Å². The number of aromatic nitrogens is 2. The first kappa shape index (κ1) is 22.5. The Labute approximate surface area is 193 Å². The summed E-state index contributed by atoms with van der Waals surface area (Å²) >= 11 is 7.51. The van der Waals surface area contributed by atoms with Gasteiger partial charge in [-0.15, -0.1) is 11.3 Å². The first-order chi connectivity index (χ1) is 15.3. The molecular weight excluding hydrogens is 448 g/mol. The van der Waals surface area contributed by atoms with Crippen molar-refractivity contribution in [1.82, 2.24) is 9.13 Å². The third-order valence-electron chi connectivity index (χ3n) is 5.50. The molecule has 0 bridgehead atoms. The van der Waals surface area contributed by atoms with Crippen molar-refractivity contribution < 1.29 is 10.2 Å². The van der Waals surface area contributed by atoms with Gasteiger partial charge in [0.1, 0.15) is 10.9 Å². The molecule has 1 atom stereocenters. The quantitative estimate of drug-likeness (QED) is 0.448. The summed E-state index contributed by atoms with van der Waals surface area (Å²) in [5, 5.41) is 21.5. The fourth-order valence-corrected chi connectivity index (χ4v) is 5.28. The molecule has 0 radical (unpaired) electrons. The summed E-state index contributed by atoms with van der Waals surface area (Å²) in [4.78, 5) is 27.5. The summed E-state index contributed by atoms with van der Waals surface area (Å²) in [6.07, 6.45) is -0.795. The maximum atomic E-state index is 13.5. The molecule has 1 unspecified atom stereocenters. The van der Waals surface area contributed by atoms with Crippen LogP contribution in [0.4, 0.5) is 0 Å². The number of aryl methyl sites for hydroxylation is 2. The van der Waals surface area contributed by atoms with Crippen LogP contribution in [0.3, 0.4) is 0 Å². The van der Waals surface area contributed by atoms with Gasteiger partial charge >= 0.3 is 5.69 Å². The van der Waals surface area contributed by atoms with Gasteiger partial charge < -0.3 is 10.2 Å². The van der Waals surface area contributed by atoms with E-state index >= 15 is 0 Å². The van der Waals surface area contributed by atoms with Crippen LogP contribution in [0.2, 0.25) is 5.02 Å². The summed E-state index contributed by atoms with van der Waals surface area (Å²) in [6.45, 7) is 1.92. The van der Waals surface area contributed by atoms with Gasteiger partial charge in [-0.05, 0) is 36.6 Å². The third-order valence-corrected chi connectivity index (χ3v) is 7.07. The maximum absolute atomic E-state index is 13.5. The zero-order valence-corrected chi connectivity index (χ0v) is 19.3. The van der Waals surface area contributed by atoms with Gasteiger partial charge in [-0.1, -0.05) is 53.6 Å². The lowest BCUT2D eigenvalue weighted by Gasteiger charge is -2.15. The van der Waals surface area contributed by atoms with Crippen molar-refractivity contribution in [3.63, 3.8) is 0 Å². The Kier molecular flexibility index (Phi) is 6.35. The molecule has 0 aliphatic carbocycles. The van der Waals surface area contributed by atoms with Gasteiger partial charge in [-0.2, -0.15) is 0 Å². The van der Waals surface area contributed by atoms with E-state index in [2.05, 4.69) is 0 Å². The van der Waals surface area contributed by atoms with E-state index in [4.69, 9.17) is 11.6 Å². The Bertz CT molecular complexity index is 1400. The smallest absolute Gasteiger partial charge is 0.331 e. The SMILES string of the molecule is Cc1ccc(C(O)c2c(-c3cccc(Cl)c3)sc3c2c(=O)n(CCCO)c(=O)n3C)cc1. The molecule has 2 aromatic carbocycles. The zero-order valence-electron chi connectivity index (χ0n) is 17.7. The van der Waals surface area contributed by atoms with Gasteiger partial charge in [-0.25, -0.2) is 4.79 Å². The number of nitrogens with zero attached hydrogens (tertiary/aromatic N) is 2. The normalized spacial score (nSPS) is 12.4. The molecule has 0 fully saturated rings. The molecule has 166 valence electrons. The highest BCUT2D eigenvalue weighted by molar-refractivity contribution is 7.22. The van der Waals surface area contributed by atoms with Gasteiger partial charge in [0, 0.05) is 35.7 Å². The van der Waals surface area contributed by atoms with Crippen LogP contribution in [0.25, 0.3) is 20.7 Å². The fraction of sp³-hybridized carbons (Fsp3) is 0.250. The molecule has 2 N–H and O–H groups in total. The summed E-state index contributed by atoms with van der Waals surface area (Å²) in [7, 11) is 1.61. The fourth-order valence-electron chi connectivity index (χ4n) is 3.81. The third kappa shape index (κ3) is 3.93. The second-order valence-corrected chi connectivity index (χ2v) is 9.16. The average Bonchev–Trinajstić information content (AvgIpc) is 3.19. The number of rotatable bonds is 6. The van der Waals surface area contributed by atoms with Crippen LogP contribution in [-0.4, -0.2) is 26.0 Å². The molecular formula is C24H23ClN2O4S. The van der Waals surface area contributed by atoms with E-state index < -0.39 is 17.4 Å². The summed E-state index contributed by atoms with van der Waals surface area (Å²) in [6, 6.07) is 14.7. The van der Waals surface area contributed by atoms with Crippen LogP contribution in [0.1, 0.15) is 29.2 Å². The summed E-state index contributed by atoms with van der Waals surface area (Å²) in [5.41, 5.74) is 1.99. The van der Waals surface area contributed by atoms with Crippen LogP contribution >= 0.6 is 22.9 Å². The van der Waals surface area contributed by atoms with Gasteiger partial charge in [0.25, 0.3) is 5.56 Å². The zero-order chi connectivity index (χ0) is 23.0. The Morgan fingerprint density at radius 1 is 1.12 bits per heavy atom. The molecule has 4 rings (SSSR count). The van der Waals surface area contributed by atoms with Gasteiger partial charge in [0.2, 0.25) is 0 Å². The number of halogens is 1. The van der Waals surface area contributed by atoms with Crippen LogP contribution < -0.4 is 11.2 Å². The van der Waals surface area contributed by atoms with Crippen LogP contribution in [0, 0.1) is 6.92 Å². The summed E-state index contributed by atoms with van der Waals surface area (Å²) < 4.78 is 2.55. The van der Waals surface area contributed by atoms with Gasteiger partial charge in [0.15, 0.2) is 0 Å². The minimum Gasteiger partial charge on any atom is -0.396 e. The van der Waals surface area contributed by atoms with Crippen LogP contribution in [-0.2, 0) is 13.6 Å². The highest BCUT2D eigenvalue weighted by Crippen LogP contribution is 2.42. The average molecular weight is 471 g/mol. The molecule has 2 heterocycles. The number of aliphatic hydroxyl groups is 2. The highest BCUT2D eigenvalue weighted by atomic mass is 35.5. The second kappa shape index (κ2) is 9.03. The molecule has 2 aromatic heterocycles. The van der Waals surface area contributed by atoms with Crippen molar-refractivity contribution in [3.05, 3.63) is 91.1 Å². The van der Waals surface area contributed by atoms with Gasteiger partial charge in [-0.3, -0.25) is 13.9 Å². The minimum atomic E-state index is -1.07. The van der Waals surface area contributed by atoms with E-state index in [1.165, 1.54) is 15.9 Å². The molecule has 32 heavy (non-hydrogen) atoms. The molecule has 0 saturated carbocycles. The topological polar surface area (TPSA) is 84.5 Å². The van der Waals surface area contributed by atoms with E-state index in [1.54, 1.807) is 19.2 Å². The van der Waals surface area contributed by atoms with Crippen LogP contribution in [0.15, 0.2) is 58.1 Å². The Balaban J connectivity index is 2.08. The van der Waals surface area contributed by atoms with E-state index in [9.17, 15) is 19.8 Å².